The highest BCUT2D eigenvalue weighted by molar-refractivity contribution is 6.12. The summed E-state index contributed by atoms with van der Waals surface area (Å²) in [5.74, 6) is 8.18. The summed E-state index contributed by atoms with van der Waals surface area (Å²) < 4.78 is 100. The van der Waals surface area contributed by atoms with Gasteiger partial charge in [0.25, 0.3) is 0 Å². The first-order chi connectivity index (χ1) is 74.0. The third-order valence-electron chi connectivity index (χ3n) is 24.8. The highest BCUT2D eigenvalue weighted by Gasteiger charge is 2.21. The van der Waals surface area contributed by atoms with Crippen LogP contribution in [0.4, 0.5) is 5.69 Å². The van der Waals surface area contributed by atoms with Crippen molar-refractivity contribution in [1.82, 2.24) is 0 Å². The van der Waals surface area contributed by atoms with Gasteiger partial charge in [-0.2, -0.15) is 0 Å². The summed E-state index contributed by atoms with van der Waals surface area (Å²) in [5, 5.41) is 27.2. The number of aliphatic imine (C=N–C) groups is 1. The summed E-state index contributed by atoms with van der Waals surface area (Å²) in [6.45, 7) is 3.11. The van der Waals surface area contributed by atoms with Crippen molar-refractivity contribution in [3.63, 3.8) is 0 Å². The highest BCUT2D eigenvalue weighted by Crippen LogP contribution is 2.46. The van der Waals surface area contributed by atoms with E-state index in [2.05, 4.69) is 0 Å². The lowest BCUT2D eigenvalue weighted by Gasteiger charge is -2.17. The third-order valence-corrected chi connectivity index (χ3v) is 24.8. The van der Waals surface area contributed by atoms with E-state index >= 15 is 0 Å². The maximum absolute atomic E-state index is 11.8. The van der Waals surface area contributed by atoms with E-state index in [0.717, 1.165) is 93.9 Å². The predicted octanol–water partition coefficient (Wildman–Crippen LogP) is 30.5. The summed E-state index contributed by atoms with van der Waals surface area (Å²) in [4.78, 5) is 5.09. The number of benzene rings is 20. The molecule has 0 radical (unpaired) electrons. The molecular weight excluding hydrogens is 1870 g/mol. The van der Waals surface area contributed by atoms with Crippen LogP contribution in [0.25, 0.3) is 32.7 Å². The summed E-state index contributed by atoms with van der Waals surface area (Å²) in [6, 6.07) is 149. The van der Waals surface area contributed by atoms with Crippen molar-refractivity contribution in [2.75, 3.05) is 0 Å². The van der Waals surface area contributed by atoms with Gasteiger partial charge in [-0.05, 0) is 220 Å². The molecule has 0 atom stereocenters. The van der Waals surface area contributed by atoms with Crippen molar-refractivity contribution < 1.29 is 81.3 Å². The first-order valence-electron chi connectivity index (χ1n) is 49.8. The van der Waals surface area contributed by atoms with Crippen LogP contribution in [0.15, 0.2) is 466 Å². The van der Waals surface area contributed by atoms with Crippen LogP contribution in [0.1, 0.15) is 89.0 Å². The first-order valence-corrected chi connectivity index (χ1v) is 49.8. The molecule has 2 N–H and O–H groups in total. The number of aromatic hydroxyl groups is 2. The molecule has 18 nitrogen and oxygen atoms in total. The van der Waals surface area contributed by atoms with Crippen molar-refractivity contribution >= 4 is 33.4 Å². The standard InChI is InChI=1S/C132H109NO17/c134-129-54-51-111(69-110(129)77-133-128-52-49-108-45-25-27-47-126(108)131(128)132-127-48-28-26-46-109(127)50-53-130(132)135)136-86-101-55-120(145-91-106-65-122(147-87-102-57-112(137-78-93-29-9-1-10-30-93)70-113(58-102)138-79-94-31-11-2-12-32-94)75-123(66-106)148-88-103-59-114(139-80-95-33-13-3-14-34-95)71-115(60-103)140-81-96-35-15-4-16-36-96)74-121(56-101)146-92-107-67-124(149-89-104-61-116(141-82-97-37-17-5-18-38-97)72-117(62-104)142-83-98-39-19-6-20-40-98)76-125(68-107)150-90-105-63-118(143-84-99-41-21-7-22-42-99)73-119(64-105)144-85-100-43-23-8-24-44-100/h1-77,134-135H,78-92H2. The molecule has 0 aliphatic rings. The number of hydrogen-bond donors (Lipinski definition) is 2. The smallest absolute Gasteiger partial charge is 0.124 e. The molecule has 150 heavy (non-hydrogen) atoms. The minimum atomic E-state index is -0.0278. The zero-order chi connectivity index (χ0) is 101. The minimum Gasteiger partial charge on any atom is -0.507 e. The van der Waals surface area contributed by atoms with Crippen LogP contribution in [0, 0.1) is 0 Å². The summed E-state index contributed by atoms with van der Waals surface area (Å²) in [7, 11) is 0. The van der Waals surface area contributed by atoms with Crippen LogP contribution in [-0.2, 0) is 99.1 Å². The monoisotopic (exact) mass is 1980 g/mol. The molecule has 20 aromatic carbocycles. The van der Waals surface area contributed by atoms with Crippen LogP contribution >= 0.6 is 0 Å². The molecule has 0 saturated carbocycles. The lowest BCUT2D eigenvalue weighted by molar-refractivity contribution is 0.269. The topological polar surface area (TPSA) is 191 Å². The van der Waals surface area contributed by atoms with Gasteiger partial charge in [-0.3, -0.25) is 4.99 Å². The fourth-order valence-corrected chi connectivity index (χ4v) is 17.3. The third kappa shape index (κ3) is 28.2. The van der Waals surface area contributed by atoms with E-state index in [1.165, 1.54) is 0 Å². The van der Waals surface area contributed by atoms with E-state index in [0.29, 0.717) is 173 Å². The minimum absolute atomic E-state index is 0.00304. The maximum atomic E-state index is 11.8. The Morgan fingerprint density at radius 1 is 0.153 bits per heavy atom. The Hall–Kier alpha value is -18.8. The molecule has 0 amide bonds. The molecule has 20 rings (SSSR count). The number of ether oxygens (including phenoxy) is 15. The normalized spacial score (nSPS) is 11.1. The molecule has 18 heteroatoms. The molecule has 0 heterocycles. The van der Waals surface area contributed by atoms with Gasteiger partial charge in [-0.1, -0.05) is 303 Å². The number of nitrogens with zero attached hydrogens (tertiary/aromatic N) is 1. The SMILES string of the molecule is Oc1ccc(OCc2cc(OCc3cc(OCc4cc(OCc5ccccc5)cc(OCc5ccccc5)c4)cc(OCc4cc(OCc5ccccc5)cc(OCc5ccccc5)c4)c3)cc(OCc3cc(OCc4cc(OCc5ccccc5)cc(OCc5ccccc5)c4)cc(OCc4cc(OCc5ccccc5)cc(OCc5ccccc5)c4)c3)c2)cc1C=Nc1ccc2ccccc2c1-c1c(O)ccc2ccccc12. The molecule has 0 spiro atoms. The van der Waals surface area contributed by atoms with E-state index in [1.807, 2.05) is 437 Å². The predicted molar refractivity (Wildman–Crippen MR) is 586 cm³/mol. The molecule has 0 saturated heterocycles. The first kappa shape index (κ1) is 98.6. The van der Waals surface area contributed by atoms with Crippen molar-refractivity contribution in [3.05, 3.63) is 550 Å². The van der Waals surface area contributed by atoms with Gasteiger partial charge in [0.2, 0.25) is 0 Å². The summed E-state index contributed by atoms with van der Waals surface area (Å²) in [6.07, 6.45) is 1.62. The molecule has 0 aliphatic heterocycles. The van der Waals surface area contributed by atoms with Gasteiger partial charge >= 0.3 is 0 Å². The van der Waals surface area contributed by atoms with E-state index in [1.54, 1.807) is 30.5 Å². The molecule has 0 aromatic heterocycles. The Kier molecular flexibility index (Phi) is 32.6. The van der Waals surface area contributed by atoms with Crippen LogP contribution in [0.3, 0.4) is 0 Å². The number of rotatable bonds is 48. The highest BCUT2D eigenvalue weighted by atomic mass is 16.5. The van der Waals surface area contributed by atoms with E-state index in [-0.39, 0.29) is 57.7 Å². The Bertz CT molecular complexity index is 7000. The fourth-order valence-electron chi connectivity index (χ4n) is 17.3. The molecule has 0 aliphatic carbocycles. The van der Waals surface area contributed by atoms with E-state index < -0.39 is 0 Å². The zero-order valence-corrected chi connectivity index (χ0v) is 82.5. The number of fused-ring (bicyclic) bond motifs is 2. The molecule has 0 bridgehead atoms. The van der Waals surface area contributed by atoms with Gasteiger partial charge in [0.15, 0.2) is 0 Å². The van der Waals surface area contributed by atoms with Gasteiger partial charge in [0, 0.05) is 65.4 Å². The molecule has 0 unspecified atom stereocenters. The Morgan fingerprint density at radius 3 is 0.573 bits per heavy atom. The quantitative estimate of drug-likeness (QED) is 0.0342. The summed E-state index contributed by atoms with van der Waals surface area (Å²) in [5.41, 5.74) is 15.7. The molecule has 20 aromatic rings. The Balaban J connectivity index is 0.637. The Morgan fingerprint density at radius 2 is 0.340 bits per heavy atom. The van der Waals surface area contributed by atoms with Gasteiger partial charge in [-0.25, -0.2) is 0 Å². The molecular formula is C132H109NO17. The van der Waals surface area contributed by atoms with E-state index in [9.17, 15) is 10.2 Å². The average molecular weight is 1980 g/mol. The summed E-state index contributed by atoms with van der Waals surface area (Å²) >= 11 is 0. The zero-order valence-electron chi connectivity index (χ0n) is 82.5. The lowest BCUT2D eigenvalue weighted by Crippen LogP contribution is -2.05. The molecule has 0 fully saturated rings. The lowest BCUT2D eigenvalue weighted by atomic mass is 9.92. The largest absolute Gasteiger partial charge is 0.507 e. The van der Waals surface area contributed by atoms with Crippen molar-refractivity contribution in [2.24, 2.45) is 4.99 Å². The fraction of sp³-hybridized carbons (Fsp3) is 0.114. The van der Waals surface area contributed by atoms with Crippen molar-refractivity contribution in [2.45, 2.75) is 99.1 Å². The van der Waals surface area contributed by atoms with Gasteiger partial charge in [0.05, 0.1) is 5.69 Å². The second kappa shape index (κ2) is 49.7. The maximum Gasteiger partial charge on any atom is 0.124 e. The van der Waals surface area contributed by atoms with Crippen molar-refractivity contribution in [3.8, 4) is 109 Å². The van der Waals surface area contributed by atoms with E-state index in [4.69, 9.17) is 76.0 Å². The second-order valence-electron chi connectivity index (χ2n) is 36.2. The Labute approximate surface area is 872 Å². The number of phenolic OH excluding ortho intramolecular Hbond substituents is 2. The van der Waals surface area contributed by atoms with Crippen LogP contribution in [0.2, 0.25) is 0 Å². The molecule has 744 valence electrons. The van der Waals surface area contributed by atoms with Crippen LogP contribution in [-0.4, -0.2) is 16.4 Å². The number of phenols is 2. The van der Waals surface area contributed by atoms with Crippen LogP contribution in [0.5, 0.6) is 97.7 Å². The number of hydrogen-bond acceptors (Lipinski definition) is 18. The second-order valence-corrected chi connectivity index (χ2v) is 36.2. The van der Waals surface area contributed by atoms with Gasteiger partial charge in [-0.15, -0.1) is 0 Å². The van der Waals surface area contributed by atoms with Gasteiger partial charge < -0.3 is 81.3 Å². The van der Waals surface area contributed by atoms with Crippen LogP contribution < -0.4 is 71.1 Å². The van der Waals surface area contributed by atoms with Crippen molar-refractivity contribution in [1.29, 1.82) is 0 Å². The van der Waals surface area contributed by atoms with Gasteiger partial charge in [0.1, 0.15) is 197 Å². The average Bonchev–Trinajstić information content (AvgIpc) is 0.752.